The molecule has 1 aromatic heterocycles. The second-order valence-corrected chi connectivity index (χ2v) is 4.53. The van der Waals surface area contributed by atoms with E-state index in [1.54, 1.807) is 11.3 Å². The van der Waals surface area contributed by atoms with Crippen LogP contribution >= 0.6 is 11.3 Å². The highest BCUT2D eigenvalue weighted by molar-refractivity contribution is 7.13. The molecule has 2 rings (SSSR count). The molecule has 0 bridgehead atoms. The van der Waals surface area contributed by atoms with Crippen LogP contribution in [0.3, 0.4) is 0 Å². The second-order valence-electron chi connectivity index (χ2n) is 3.67. The van der Waals surface area contributed by atoms with Crippen molar-refractivity contribution in [1.82, 2.24) is 10.3 Å². The quantitative estimate of drug-likeness (QED) is 0.767. The molecule has 0 saturated carbocycles. The predicted molar refractivity (Wildman–Crippen MR) is 65.6 cm³/mol. The first kappa shape index (κ1) is 10.6. The number of nitrogens with one attached hydrogen (secondary N) is 2. The van der Waals surface area contributed by atoms with Crippen LogP contribution < -0.4 is 10.6 Å². The van der Waals surface area contributed by atoms with Crippen molar-refractivity contribution in [3.05, 3.63) is 22.7 Å². The van der Waals surface area contributed by atoms with Crippen molar-refractivity contribution in [3.63, 3.8) is 0 Å². The van der Waals surface area contributed by atoms with Gasteiger partial charge in [0.25, 0.3) is 0 Å². The minimum absolute atomic E-state index is 0.943. The van der Waals surface area contributed by atoms with Crippen LogP contribution in [0.1, 0.15) is 19.0 Å². The maximum absolute atomic E-state index is 4.48. The number of aryl methyl sites for hydroxylation is 1. The van der Waals surface area contributed by atoms with E-state index in [9.17, 15) is 0 Å². The van der Waals surface area contributed by atoms with Crippen molar-refractivity contribution >= 4 is 16.5 Å². The van der Waals surface area contributed by atoms with Gasteiger partial charge in [-0.05, 0) is 19.4 Å². The Hall–Kier alpha value is -0.870. The molecule has 1 aliphatic heterocycles. The molecule has 0 unspecified atom stereocenters. The molecular formula is C11H17N3S. The van der Waals surface area contributed by atoms with Gasteiger partial charge in [0.15, 0.2) is 5.13 Å². The lowest BCUT2D eigenvalue weighted by Crippen LogP contribution is -2.23. The summed E-state index contributed by atoms with van der Waals surface area (Å²) in [5.74, 6) is 0. The number of nitrogens with zero attached hydrogens (tertiary/aromatic N) is 1. The van der Waals surface area contributed by atoms with Gasteiger partial charge in [-0.3, -0.25) is 0 Å². The molecule has 1 aromatic rings. The SMILES string of the molecule is CCc1csc(NCC2=CCNCC2)n1. The van der Waals surface area contributed by atoms with E-state index < -0.39 is 0 Å². The van der Waals surface area contributed by atoms with Gasteiger partial charge in [0.2, 0.25) is 0 Å². The van der Waals surface area contributed by atoms with Gasteiger partial charge in [-0.1, -0.05) is 18.6 Å². The summed E-state index contributed by atoms with van der Waals surface area (Å²) in [6, 6.07) is 0. The highest BCUT2D eigenvalue weighted by Gasteiger charge is 2.04. The summed E-state index contributed by atoms with van der Waals surface area (Å²) in [6.45, 7) is 5.19. The third kappa shape index (κ3) is 3.04. The molecule has 2 heterocycles. The molecule has 0 aliphatic carbocycles. The van der Waals surface area contributed by atoms with E-state index in [0.29, 0.717) is 0 Å². The molecule has 82 valence electrons. The van der Waals surface area contributed by atoms with Gasteiger partial charge >= 0.3 is 0 Å². The molecule has 0 radical (unpaired) electrons. The molecule has 0 fully saturated rings. The summed E-state index contributed by atoms with van der Waals surface area (Å²) in [6.07, 6.45) is 4.44. The number of hydrogen-bond acceptors (Lipinski definition) is 4. The second kappa shape index (κ2) is 5.28. The maximum Gasteiger partial charge on any atom is 0.183 e. The highest BCUT2D eigenvalue weighted by Crippen LogP contribution is 2.16. The first-order valence-corrected chi connectivity index (χ1v) is 6.33. The van der Waals surface area contributed by atoms with Gasteiger partial charge in [0, 0.05) is 18.5 Å². The van der Waals surface area contributed by atoms with E-state index in [-0.39, 0.29) is 0 Å². The molecule has 3 nitrogen and oxygen atoms in total. The maximum atomic E-state index is 4.48. The van der Waals surface area contributed by atoms with Gasteiger partial charge in [-0.2, -0.15) is 0 Å². The summed E-state index contributed by atoms with van der Waals surface area (Å²) in [4.78, 5) is 4.48. The van der Waals surface area contributed by atoms with E-state index in [1.165, 1.54) is 11.3 Å². The van der Waals surface area contributed by atoms with Crippen molar-refractivity contribution in [2.24, 2.45) is 0 Å². The molecular weight excluding hydrogens is 206 g/mol. The Morgan fingerprint density at radius 1 is 1.60 bits per heavy atom. The minimum Gasteiger partial charge on any atom is -0.358 e. The van der Waals surface area contributed by atoms with Crippen molar-refractivity contribution < 1.29 is 0 Å². The van der Waals surface area contributed by atoms with Crippen LogP contribution in [0.15, 0.2) is 17.0 Å². The van der Waals surface area contributed by atoms with Gasteiger partial charge in [-0.25, -0.2) is 4.98 Å². The topological polar surface area (TPSA) is 37.0 Å². The fourth-order valence-electron chi connectivity index (χ4n) is 1.57. The Balaban J connectivity index is 1.84. The Morgan fingerprint density at radius 3 is 3.20 bits per heavy atom. The smallest absolute Gasteiger partial charge is 0.183 e. The zero-order valence-corrected chi connectivity index (χ0v) is 9.86. The molecule has 15 heavy (non-hydrogen) atoms. The average molecular weight is 223 g/mol. The third-order valence-electron chi connectivity index (χ3n) is 2.54. The number of aromatic nitrogens is 1. The van der Waals surface area contributed by atoms with Crippen LogP contribution in [-0.2, 0) is 6.42 Å². The average Bonchev–Trinajstić information content (AvgIpc) is 2.76. The summed E-state index contributed by atoms with van der Waals surface area (Å²) < 4.78 is 0. The van der Waals surface area contributed by atoms with Gasteiger partial charge in [-0.15, -0.1) is 11.3 Å². The van der Waals surface area contributed by atoms with E-state index >= 15 is 0 Å². The Bertz CT molecular complexity index is 343. The van der Waals surface area contributed by atoms with Crippen molar-refractivity contribution in [2.75, 3.05) is 25.0 Å². The first-order valence-electron chi connectivity index (χ1n) is 5.45. The van der Waals surface area contributed by atoms with Crippen molar-refractivity contribution in [3.8, 4) is 0 Å². The lowest BCUT2D eigenvalue weighted by atomic mass is 10.1. The molecule has 0 aromatic carbocycles. The van der Waals surface area contributed by atoms with Crippen molar-refractivity contribution in [2.45, 2.75) is 19.8 Å². The van der Waals surface area contributed by atoms with Crippen LogP contribution in [-0.4, -0.2) is 24.6 Å². The monoisotopic (exact) mass is 223 g/mol. The van der Waals surface area contributed by atoms with E-state index in [0.717, 1.165) is 37.6 Å². The molecule has 1 aliphatic rings. The lowest BCUT2D eigenvalue weighted by molar-refractivity contribution is 0.698. The Labute approximate surface area is 94.6 Å². The van der Waals surface area contributed by atoms with E-state index in [4.69, 9.17) is 0 Å². The summed E-state index contributed by atoms with van der Waals surface area (Å²) in [5.41, 5.74) is 2.67. The van der Waals surface area contributed by atoms with Crippen molar-refractivity contribution in [1.29, 1.82) is 0 Å². The Morgan fingerprint density at radius 2 is 2.53 bits per heavy atom. The largest absolute Gasteiger partial charge is 0.358 e. The molecule has 4 heteroatoms. The standard InChI is InChI=1S/C11H17N3S/c1-2-10-8-15-11(14-10)13-7-9-3-5-12-6-4-9/h3,8,12H,2,4-7H2,1H3,(H,13,14). The fraction of sp³-hybridized carbons (Fsp3) is 0.545. The summed E-state index contributed by atoms with van der Waals surface area (Å²) in [5, 5.41) is 9.86. The third-order valence-corrected chi connectivity index (χ3v) is 3.39. The summed E-state index contributed by atoms with van der Waals surface area (Å²) >= 11 is 1.70. The van der Waals surface area contributed by atoms with E-state index in [1.807, 2.05) is 0 Å². The van der Waals surface area contributed by atoms with Crippen LogP contribution in [0.4, 0.5) is 5.13 Å². The number of anilines is 1. The lowest BCUT2D eigenvalue weighted by Gasteiger charge is -2.13. The highest BCUT2D eigenvalue weighted by atomic mass is 32.1. The molecule has 0 spiro atoms. The number of hydrogen-bond donors (Lipinski definition) is 2. The predicted octanol–water partition coefficient (Wildman–Crippen LogP) is 2.04. The summed E-state index contributed by atoms with van der Waals surface area (Å²) in [7, 11) is 0. The molecule has 2 N–H and O–H groups in total. The molecule has 0 saturated heterocycles. The van der Waals surface area contributed by atoms with Crippen LogP contribution in [0.25, 0.3) is 0 Å². The minimum atomic E-state index is 0.943. The fourth-order valence-corrected chi connectivity index (χ4v) is 2.36. The Kier molecular flexibility index (Phi) is 3.75. The van der Waals surface area contributed by atoms with Gasteiger partial charge < -0.3 is 10.6 Å². The molecule has 0 atom stereocenters. The van der Waals surface area contributed by atoms with Crippen LogP contribution in [0.2, 0.25) is 0 Å². The zero-order valence-electron chi connectivity index (χ0n) is 9.05. The van der Waals surface area contributed by atoms with E-state index in [2.05, 4.69) is 34.0 Å². The normalized spacial score (nSPS) is 16.2. The first-order chi connectivity index (χ1) is 7.38. The van der Waals surface area contributed by atoms with Gasteiger partial charge in [0.05, 0.1) is 5.69 Å². The number of rotatable bonds is 4. The molecule has 0 amide bonds. The zero-order chi connectivity index (χ0) is 10.5. The number of thiazole rings is 1. The van der Waals surface area contributed by atoms with Crippen LogP contribution in [0.5, 0.6) is 0 Å². The van der Waals surface area contributed by atoms with Crippen LogP contribution in [0, 0.1) is 0 Å². The van der Waals surface area contributed by atoms with Gasteiger partial charge in [0.1, 0.15) is 0 Å².